The first-order valence-corrected chi connectivity index (χ1v) is 6.64. The zero-order valence-corrected chi connectivity index (χ0v) is 12.2. The molecule has 0 radical (unpaired) electrons. The van der Waals surface area contributed by atoms with Crippen LogP contribution in [0.3, 0.4) is 0 Å². The van der Waals surface area contributed by atoms with Gasteiger partial charge in [-0.1, -0.05) is 0 Å². The number of aromatic hydroxyl groups is 2. The van der Waals surface area contributed by atoms with Crippen molar-refractivity contribution >= 4 is 17.5 Å². The highest BCUT2D eigenvalue weighted by Crippen LogP contribution is 2.22. The zero-order valence-electron chi connectivity index (χ0n) is 12.2. The van der Waals surface area contributed by atoms with Gasteiger partial charge < -0.3 is 19.9 Å². The number of nitrogens with zero attached hydrogens (tertiary/aromatic N) is 1. The number of carbonyl (C=O) groups excluding carboxylic acids is 2. The van der Waals surface area contributed by atoms with Crippen molar-refractivity contribution in [2.45, 2.75) is 6.92 Å². The smallest absolute Gasteiger partial charge is 0.287 e. The number of amides is 2. The number of furan rings is 1. The molecule has 0 aliphatic heterocycles. The van der Waals surface area contributed by atoms with E-state index < -0.39 is 11.8 Å². The van der Waals surface area contributed by atoms with E-state index in [2.05, 4.69) is 15.8 Å². The Balaban J connectivity index is 1.90. The van der Waals surface area contributed by atoms with Crippen LogP contribution in [0, 0.1) is 0 Å². The van der Waals surface area contributed by atoms with Gasteiger partial charge in [0.15, 0.2) is 5.76 Å². The summed E-state index contributed by atoms with van der Waals surface area (Å²) in [5.74, 6) is -1.09. The molecule has 2 amide bonds. The Morgan fingerprint density at radius 2 is 2.04 bits per heavy atom. The predicted octanol–water partition coefficient (Wildman–Crippen LogP) is 0.961. The molecule has 0 aliphatic rings. The number of rotatable bonds is 5. The van der Waals surface area contributed by atoms with Crippen molar-refractivity contribution in [3.8, 4) is 11.5 Å². The zero-order chi connectivity index (χ0) is 16.8. The van der Waals surface area contributed by atoms with Gasteiger partial charge in [0, 0.05) is 5.56 Å². The van der Waals surface area contributed by atoms with E-state index in [0.717, 1.165) is 0 Å². The summed E-state index contributed by atoms with van der Waals surface area (Å²) < 4.78 is 4.89. The number of nitrogens with one attached hydrogen (secondary N) is 2. The molecule has 8 heteroatoms. The van der Waals surface area contributed by atoms with Gasteiger partial charge in [-0.15, -0.1) is 0 Å². The Labute approximate surface area is 131 Å². The second-order valence-corrected chi connectivity index (χ2v) is 4.59. The summed E-state index contributed by atoms with van der Waals surface area (Å²) in [4.78, 5) is 23.2. The van der Waals surface area contributed by atoms with Gasteiger partial charge in [0.2, 0.25) is 0 Å². The second-order valence-electron chi connectivity index (χ2n) is 4.59. The molecule has 0 fully saturated rings. The Kier molecular flexibility index (Phi) is 4.98. The highest BCUT2D eigenvalue weighted by atomic mass is 16.3. The summed E-state index contributed by atoms with van der Waals surface area (Å²) in [6.45, 7) is 1.26. The maximum atomic E-state index is 11.6. The summed E-state index contributed by atoms with van der Waals surface area (Å²) in [5, 5.41) is 25.2. The van der Waals surface area contributed by atoms with E-state index in [9.17, 15) is 19.8 Å². The van der Waals surface area contributed by atoms with Crippen molar-refractivity contribution < 1.29 is 24.2 Å². The fourth-order valence-electron chi connectivity index (χ4n) is 1.72. The van der Waals surface area contributed by atoms with Crippen molar-refractivity contribution in [3.63, 3.8) is 0 Å². The number of phenols is 2. The van der Waals surface area contributed by atoms with Crippen LogP contribution in [0.15, 0.2) is 46.1 Å². The minimum absolute atomic E-state index is 0.0376. The quantitative estimate of drug-likeness (QED) is 0.371. The number of hydrazone groups is 1. The van der Waals surface area contributed by atoms with Gasteiger partial charge >= 0.3 is 0 Å². The lowest BCUT2D eigenvalue weighted by molar-refractivity contribution is -0.120. The molecule has 2 rings (SSSR count). The van der Waals surface area contributed by atoms with Crippen LogP contribution in [0.1, 0.15) is 23.0 Å². The van der Waals surface area contributed by atoms with Crippen molar-refractivity contribution in [1.82, 2.24) is 10.7 Å². The minimum Gasteiger partial charge on any atom is -0.508 e. The normalized spacial score (nSPS) is 11.1. The molecule has 1 heterocycles. The van der Waals surface area contributed by atoms with Crippen LogP contribution in [-0.4, -0.2) is 34.3 Å². The maximum absolute atomic E-state index is 11.6. The number of hydrogen-bond donors (Lipinski definition) is 4. The molecule has 0 unspecified atom stereocenters. The lowest BCUT2D eigenvalue weighted by atomic mass is 10.1. The van der Waals surface area contributed by atoms with E-state index in [1.165, 1.54) is 30.5 Å². The Morgan fingerprint density at radius 1 is 1.26 bits per heavy atom. The van der Waals surface area contributed by atoms with E-state index in [0.29, 0.717) is 5.71 Å². The van der Waals surface area contributed by atoms with Crippen LogP contribution in [0.25, 0.3) is 0 Å². The number of hydrogen-bond acceptors (Lipinski definition) is 6. The SMILES string of the molecule is CC(=NNC(=O)CNC(=O)c1ccco1)c1cc(O)ccc1O. The molecule has 2 aromatic rings. The molecule has 0 atom stereocenters. The summed E-state index contributed by atoms with van der Waals surface area (Å²) in [6, 6.07) is 6.99. The second kappa shape index (κ2) is 7.12. The van der Waals surface area contributed by atoms with Crippen LogP contribution >= 0.6 is 0 Å². The Hall–Kier alpha value is -3.29. The topological polar surface area (TPSA) is 124 Å². The van der Waals surface area contributed by atoms with E-state index >= 15 is 0 Å². The first kappa shape index (κ1) is 16.1. The number of phenolic OH excluding ortho intramolecular Hbond substituents is 2. The van der Waals surface area contributed by atoms with Crippen LogP contribution < -0.4 is 10.7 Å². The number of carbonyl (C=O) groups is 2. The molecule has 4 N–H and O–H groups in total. The van der Waals surface area contributed by atoms with Crippen molar-refractivity contribution in [3.05, 3.63) is 47.9 Å². The third-order valence-electron chi connectivity index (χ3n) is 2.87. The molecular formula is C15H15N3O5. The highest BCUT2D eigenvalue weighted by molar-refractivity contribution is 6.02. The fourth-order valence-corrected chi connectivity index (χ4v) is 1.72. The lowest BCUT2D eigenvalue weighted by Crippen LogP contribution is -2.35. The molecule has 0 bridgehead atoms. The van der Waals surface area contributed by atoms with Gasteiger partial charge in [-0.3, -0.25) is 9.59 Å². The van der Waals surface area contributed by atoms with Gasteiger partial charge in [0.1, 0.15) is 11.5 Å². The predicted molar refractivity (Wildman–Crippen MR) is 81.2 cm³/mol. The summed E-state index contributed by atoms with van der Waals surface area (Å²) in [5.41, 5.74) is 2.82. The minimum atomic E-state index is -0.552. The van der Waals surface area contributed by atoms with Gasteiger partial charge in [0.25, 0.3) is 11.8 Å². The van der Waals surface area contributed by atoms with Gasteiger partial charge in [-0.2, -0.15) is 5.10 Å². The van der Waals surface area contributed by atoms with E-state index in [4.69, 9.17) is 4.42 Å². The van der Waals surface area contributed by atoms with Crippen LogP contribution in [0.4, 0.5) is 0 Å². The van der Waals surface area contributed by atoms with Crippen molar-refractivity contribution in [2.75, 3.05) is 6.54 Å². The average Bonchev–Trinajstić information content (AvgIpc) is 3.07. The molecule has 8 nitrogen and oxygen atoms in total. The molecule has 23 heavy (non-hydrogen) atoms. The third kappa shape index (κ3) is 4.34. The summed E-state index contributed by atoms with van der Waals surface area (Å²) in [7, 11) is 0. The molecule has 0 aliphatic carbocycles. The van der Waals surface area contributed by atoms with E-state index in [-0.39, 0.29) is 29.4 Å². The molecule has 1 aromatic heterocycles. The van der Waals surface area contributed by atoms with Crippen LogP contribution in [0.5, 0.6) is 11.5 Å². The van der Waals surface area contributed by atoms with E-state index in [1.807, 2.05) is 0 Å². The summed E-state index contributed by atoms with van der Waals surface area (Å²) >= 11 is 0. The fraction of sp³-hybridized carbons (Fsp3) is 0.133. The third-order valence-corrected chi connectivity index (χ3v) is 2.87. The van der Waals surface area contributed by atoms with Crippen LogP contribution in [0.2, 0.25) is 0 Å². The standard InChI is InChI=1S/C15H15N3O5/c1-9(11-7-10(19)4-5-12(11)20)17-18-14(21)8-16-15(22)13-3-2-6-23-13/h2-7,19-20H,8H2,1H3,(H,16,22)(H,18,21). The Morgan fingerprint density at radius 3 is 2.74 bits per heavy atom. The monoisotopic (exact) mass is 317 g/mol. The van der Waals surface area contributed by atoms with Gasteiger partial charge in [-0.05, 0) is 37.3 Å². The largest absolute Gasteiger partial charge is 0.508 e. The lowest BCUT2D eigenvalue weighted by Gasteiger charge is -2.06. The summed E-state index contributed by atoms with van der Waals surface area (Å²) in [6.07, 6.45) is 1.35. The first-order chi connectivity index (χ1) is 11.0. The van der Waals surface area contributed by atoms with Crippen molar-refractivity contribution in [2.24, 2.45) is 5.10 Å². The molecule has 1 aromatic carbocycles. The highest BCUT2D eigenvalue weighted by Gasteiger charge is 2.10. The molecular weight excluding hydrogens is 302 g/mol. The van der Waals surface area contributed by atoms with Crippen molar-refractivity contribution in [1.29, 1.82) is 0 Å². The number of benzene rings is 1. The first-order valence-electron chi connectivity index (χ1n) is 6.64. The van der Waals surface area contributed by atoms with E-state index in [1.54, 1.807) is 13.0 Å². The molecule has 0 saturated carbocycles. The average molecular weight is 317 g/mol. The molecule has 0 saturated heterocycles. The molecule has 0 spiro atoms. The van der Waals surface area contributed by atoms with Crippen LogP contribution in [-0.2, 0) is 4.79 Å². The maximum Gasteiger partial charge on any atom is 0.287 e. The van der Waals surface area contributed by atoms with Gasteiger partial charge in [-0.25, -0.2) is 5.43 Å². The Bertz CT molecular complexity index is 738. The molecule has 120 valence electrons. The van der Waals surface area contributed by atoms with Gasteiger partial charge in [0.05, 0.1) is 18.5 Å².